The van der Waals surface area contributed by atoms with Crippen molar-refractivity contribution in [2.24, 2.45) is 17.8 Å². The molecule has 7 heteroatoms. The van der Waals surface area contributed by atoms with E-state index in [1.165, 1.54) is 0 Å². The molecule has 7 nitrogen and oxygen atoms in total. The van der Waals surface area contributed by atoms with E-state index in [1.807, 2.05) is 55.5 Å². The standard InChI is InChI=1S/C31H24O7/c1-4-26(32)35-19-11-12-20-18(16-19)10-13-24-29(20)37-28-17(3)25(36-27(33)5-2)15-14-23(28)31(24)22-9-7-6-8-21(22)30(34)38-31/h4-17,21-22,28H,1-2H2,3H3. The number of esters is 3. The molecule has 0 amide bonds. The minimum atomic E-state index is -1.11. The average molecular weight is 509 g/mol. The molecule has 1 spiro atoms. The van der Waals surface area contributed by atoms with Crippen molar-refractivity contribution in [3.8, 4) is 11.5 Å². The van der Waals surface area contributed by atoms with E-state index in [1.54, 1.807) is 18.2 Å². The molecule has 0 bridgehead atoms. The highest BCUT2D eigenvalue weighted by Gasteiger charge is 2.63. The van der Waals surface area contributed by atoms with Crippen molar-refractivity contribution in [2.75, 3.05) is 0 Å². The van der Waals surface area contributed by atoms with Crippen LogP contribution in [0.25, 0.3) is 10.8 Å². The van der Waals surface area contributed by atoms with Crippen LogP contribution in [-0.2, 0) is 29.5 Å². The van der Waals surface area contributed by atoms with Gasteiger partial charge in [-0.05, 0) is 29.7 Å². The number of ether oxygens (including phenoxy) is 4. The molecule has 6 rings (SSSR count). The zero-order chi connectivity index (χ0) is 26.6. The number of benzene rings is 2. The fraction of sp³-hybridized carbons (Fsp3) is 0.194. The van der Waals surface area contributed by atoms with Crippen LogP contribution in [0.15, 0.2) is 103 Å². The number of rotatable bonds is 4. The van der Waals surface area contributed by atoms with E-state index in [0.29, 0.717) is 17.3 Å². The van der Waals surface area contributed by atoms with E-state index in [-0.39, 0.29) is 17.8 Å². The number of carbonyl (C=O) groups is 3. The zero-order valence-corrected chi connectivity index (χ0v) is 20.6. The van der Waals surface area contributed by atoms with Gasteiger partial charge in [-0.3, -0.25) is 4.79 Å². The molecule has 4 aliphatic rings. The lowest BCUT2D eigenvalue weighted by Gasteiger charge is -2.47. The molecule has 0 N–H and O–H groups in total. The molecular weight excluding hydrogens is 484 g/mol. The number of hydrogen-bond acceptors (Lipinski definition) is 7. The maximum absolute atomic E-state index is 13.2. The van der Waals surface area contributed by atoms with Gasteiger partial charge in [0.25, 0.3) is 0 Å². The van der Waals surface area contributed by atoms with Crippen molar-refractivity contribution in [2.45, 2.75) is 18.6 Å². The van der Waals surface area contributed by atoms with Crippen LogP contribution in [0.4, 0.5) is 0 Å². The van der Waals surface area contributed by atoms with Crippen LogP contribution in [0.2, 0.25) is 0 Å². The van der Waals surface area contributed by atoms with Crippen molar-refractivity contribution in [1.82, 2.24) is 0 Å². The molecule has 38 heavy (non-hydrogen) atoms. The van der Waals surface area contributed by atoms with Crippen molar-refractivity contribution < 1.29 is 33.3 Å². The second-order valence-electron chi connectivity index (χ2n) is 9.57. The van der Waals surface area contributed by atoms with Gasteiger partial charge in [0.1, 0.15) is 23.4 Å². The van der Waals surface area contributed by atoms with Crippen LogP contribution in [0.3, 0.4) is 0 Å². The van der Waals surface area contributed by atoms with Crippen LogP contribution < -0.4 is 9.47 Å². The third kappa shape index (κ3) is 3.39. The first-order valence-electron chi connectivity index (χ1n) is 12.3. The summed E-state index contributed by atoms with van der Waals surface area (Å²) in [5.74, 6) is -1.17. The molecule has 2 aromatic rings. The minimum absolute atomic E-state index is 0.292. The molecule has 5 unspecified atom stereocenters. The lowest BCUT2D eigenvalue weighted by molar-refractivity contribution is -0.150. The van der Waals surface area contributed by atoms with Gasteiger partial charge >= 0.3 is 17.9 Å². The highest BCUT2D eigenvalue weighted by atomic mass is 16.6. The van der Waals surface area contributed by atoms with Gasteiger partial charge in [-0.15, -0.1) is 0 Å². The van der Waals surface area contributed by atoms with Gasteiger partial charge in [0.05, 0.1) is 11.8 Å². The second kappa shape index (κ2) is 8.73. The molecular formula is C31H24O7. The summed E-state index contributed by atoms with van der Waals surface area (Å²) in [7, 11) is 0. The summed E-state index contributed by atoms with van der Waals surface area (Å²) >= 11 is 0. The highest BCUT2D eigenvalue weighted by molar-refractivity contribution is 5.93. The SMILES string of the molecule is C=CC(=O)OC1=CC=C2C(Oc3c(ccc4cc(OC(=O)C=C)ccc34)C23OC(=O)C2C=CC=CC23)C1C. The van der Waals surface area contributed by atoms with E-state index in [9.17, 15) is 14.4 Å². The number of allylic oxidation sites excluding steroid dienone is 4. The van der Waals surface area contributed by atoms with E-state index in [2.05, 4.69) is 13.2 Å². The molecule has 190 valence electrons. The molecule has 1 fully saturated rings. The fourth-order valence-corrected chi connectivity index (χ4v) is 5.83. The predicted octanol–water partition coefficient (Wildman–Crippen LogP) is 4.99. The van der Waals surface area contributed by atoms with Crippen LogP contribution >= 0.6 is 0 Å². The monoisotopic (exact) mass is 508 g/mol. The predicted molar refractivity (Wildman–Crippen MR) is 139 cm³/mol. The third-order valence-corrected chi connectivity index (χ3v) is 7.56. The van der Waals surface area contributed by atoms with E-state index >= 15 is 0 Å². The Morgan fingerprint density at radius 2 is 1.76 bits per heavy atom. The highest BCUT2D eigenvalue weighted by Crippen LogP contribution is 2.60. The van der Waals surface area contributed by atoms with E-state index in [0.717, 1.165) is 34.1 Å². The first-order chi connectivity index (χ1) is 18.4. The van der Waals surface area contributed by atoms with Crippen molar-refractivity contribution in [3.63, 3.8) is 0 Å². The van der Waals surface area contributed by atoms with Gasteiger partial charge in [-0.2, -0.15) is 0 Å². The van der Waals surface area contributed by atoms with E-state index < -0.39 is 29.6 Å². The van der Waals surface area contributed by atoms with Gasteiger partial charge in [0, 0.05) is 34.6 Å². The smallest absolute Gasteiger partial charge is 0.335 e. The molecule has 2 aromatic carbocycles. The Hall–Kier alpha value is -4.65. The lowest BCUT2D eigenvalue weighted by Crippen LogP contribution is -2.49. The molecule has 1 saturated heterocycles. The van der Waals surface area contributed by atoms with Gasteiger partial charge in [-0.1, -0.05) is 62.6 Å². The van der Waals surface area contributed by atoms with Crippen molar-refractivity contribution in [1.29, 1.82) is 0 Å². The van der Waals surface area contributed by atoms with Crippen LogP contribution in [-0.4, -0.2) is 24.0 Å². The first kappa shape index (κ1) is 23.7. The summed E-state index contributed by atoms with van der Waals surface area (Å²) in [5, 5.41) is 1.54. The van der Waals surface area contributed by atoms with Crippen LogP contribution in [0, 0.1) is 17.8 Å². The summed E-state index contributed by atoms with van der Waals surface area (Å²) in [6.07, 6.45) is 12.9. The summed E-state index contributed by atoms with van der Waals surface area (Å²) < 4.78 is 23.8. The summed E-state index contributed by atoms with van der Waals surface area (Å²) in [6, 6.07) is 9.03. The Morgan fingerprint density at radius 3 is 2.55 bits per heavy atom. The van der Waals surface area contributed by atoms with Crippen molar-refractivity contribution in [3.05, 3.63) is 109 Å². The summed E-state index contributed by atoms with van der Waals surface area (Å²) in [5.41, 5.74) is 0.408. The Kier molecular flexibility index (Phi) is 5.45. The molecule has 2 aliphatic heterocycles. The zero-order valence-electron chi connectivity index (χ0n) is 20.6. The Labute approximate surface area is 219 Å². The fourth-order valence-electron chi connectivity index (χ4n) is 5.83. The molecule has 5 atom stereocenters. The topological polar surface area (TPSA) is 88.1 Å². The van der Waals surface area contributed by atoms with Gasteiger partial charge in [0.15, 0.2) is 5.60 Å². The van der Waals surface area contributed by atoms with Crippen LogP contribution in [0.1, 0.15) is 12.5 Å². The van der Waals surface area contributed by atoms with Gasteiger partial charge < -0.3 is 18.9 Å². The quantitative estimate of drug-likeness (QED) is 0.327. The van der Waals surface area contributed by atoms with Crippen molar-refractivity contribution >= 4 is 28.7 Å². The maximum atomic E-state index is 13.2. The second-order valence-corrected chi connectivity index (χ2v) is 9.57. The van der Waals surface area contributed by atoms with Gasteiger partial charge in [0.2, 0.25) is 0 Å². The molecule has 0 aromatic heterocycles. The van der Waals surface area contributed by atoms with Gasteiger partial charge in [-0.25, -0.2) is 9.59 Å². The molecule has 2 heterocycles. The average Bonchev–Trinajstić information content (AvgIpc) is 3.22. The number of carbonyl (C=O) groups excluding carboxylic acids is 3. The third-order valence-electron chi connectivity index (χ3n) is 7.56. The minimum Gasteiger partial charge on any atom is -0.484 e. The Bertz CT molecular complexity index is 1560. The largest absolute Gasteiger partial charge is 0.484 e. The maximum Gasteiger partial charge on any atom is 0.335 e. The first-order valence-corrected chi connectivity index (χ1v) is 12.3. The number of fused-ring (bicyclic) bond motifs is 8. The molecule has 0 saturated carbocycles. The summed E-state index contributed by atoms with van der Waals surface area (Å²) in [6.45, 7) is 8.82. The molecule has 0 radical (unpaired) electrons. The summed E-state index contributed by atoms with van der Waals surface area (Å²) in [4.78, 5) is 36.9. The van der Waals surface area contributed by atoms with Crippen LogP contribution in [0.5, 0.6) is 11.5 Å². The van der Waals surface area contributed by atoms with E-state index in [4.69, 9.17) is 18.9 Å². The normalized spacial score (nSPS) is 28.2. The Morgan fingerprint density at radius 1 is 1.00 bits per heavy atom. The Balaban J connectivity index is 1.56. The molecule has 2 aliphatic carbocycles. The number of hydrogen-bond donors (Lipinski definition) is 0. The lowest BCUT2D eigenvalue weighted by atomic mass is 9.65.